The molecule has 0 radical (unpaired) electrons. The highest BCUT2D eigenvalue weighted by Crippen LogP contribution is 2.42. The first-order valence-corrected chi connectivity index (χ1v) is 7.54. The number of benzene rings is 1. The minimum absolute atomic E-state index is 0.350. The summed E-state index contributed by atoms with van der Waals surface area (Å²) in [4.78, 5) is 0. The van der Waals surface area contributed by atoms with Gasteiger partial charge in [0.05, 0.1) is 6.04 Å². The lowest BCUT2D eigenvalue weighted by Gasteiger charge is -2.20. The van der Waals surface area contributed by atoms with Crippen LogP contribution in [0.4, 0.5) is 11.4 Å². The fraction of sp³-hybridized carbons (Fsp3) is 0.533. The maximum Gasteiger partial charge on any atom is 0.182 e. The number of nitrogen functional groups attached to an aromatic ring is 2. The normalized spacial score (nSPS) is 25.3. The second kappa shape index (κ2) is 5.35. The van der Waals surface area contributed by atoms with Gasteiger partial charge in [0.15, 0.2) is 5.82 Å². The van der Waals surface area contributed by atoms with E-state index in [0.717, 1.165) is 23.7 Å². The number of anilines is 2. The fourth-order valence-electron chi connectivity index (χ4n) is 3.56. The summed E-state index contributed by atoms with van der Waals surface area (Å²) in [5, 5.41) is 12.3. The first-order chi connectivity index (χ1) is 10.1. The summed E-state index contributed by atoms with van der Waals surface area (Å²) in [5.41, 5.74) is 13.9. The molecule has 112 valence electrons. The van der Waals surface area contributed by atoms with Crippen LogP contribution in [0.15, 0.2) is 18.2 Å². The van der Waals surface area contributed by atoms with Gasteiger partial charge in [-0.05, 0) is 53.3 Å². The third kappa shape index (κ3) is 2.46. The van der Waals surface area contributed by atoms with E-state index in [9.17, 15) is 0 Å². The molecule has 0 saturated heterocycles. The smallest absolute Gasteiger partial charge is 0.182 e. The van der Waals surface area contributed by atoms with Crippen LogP contribution in [0.25, 0.3) is 11.4 Å². The Bertz CT molecular complexity index is 615. The Kier molecular flexibility index (Phi) is 3.53. The molecule has 3 atom stereocenters. The summed E-state index contributed by atoms with van der Waals surface area (Å²) >= 11 is 0. The van der Waals surface area contributed by atoms with E-state index in [1.54, 1.807) is 6.07 Å². The number of nitrogens with zero attached hydrogens (tertiary/aromatic N) is 4. The fourth-order valence-corrected chi connectivity index (χ4v) is 3.56. The Morgan fingerprint density at radius 1 is 1.19 bits per heavy atom. The molecule has 3 unspecified atom stereocenters. The van der Waals surface area contributed by atoms with Crippen LogP contribution < -0.4 is 11.5 Å². The number of aromatic nitrogens is 4. The second-order valence-electron chi connectivity index (χ2n) is 6.01. The monoisotopic (exact) mass is 286 g/mol. The van der Waals surface area contributed by atoms with E-state index < -0.39 is 0 Å². The van der Waals surface area contributed by atoms with Crippen LogP contribution in [0, 0.1) is 11.8 Å². The van der Waals surface area contributed by atoms with Gasteiger partial charge in [-0.1, -0.05) is 20.3 Å². The lowest BCUT2D eigenvalue weighted by Crippen LogP contribution is -2.18. The van der Waals surface area contributed by atoms with Crippen molar-refractivity contribution in [2.45, 2.75) is 39.2 Å². The first-order valence-electron chi connectivity index (χ1n) is 7.54. The topological polar surface area (TPSA) is 95.6 Å². The van der Waals surface area contributed by atoms with Crippen LogP contribution in [0.3, 0.4) is 0 Å². The van der Waals surface area contributed by atoms with Crippen molar-refractivity contribution in [1.82, 2.24) is 20.2 Å². The van der Waals surface area contributed by atoms with E-state index in [0.29, 0.717) is 23.3 Å². The van der Waals surface area contributed by atoms with Gasteiger partial charge in [0, 0.05) is 16.9 Å². The maximum absolute atomic E-state index is 5.88. The third-order valence-corrected chi connectivity index (χ3v) is 4.75. The van der Waals surface area contributed by atoms with E-state index in [4.69, 9.17) is 11.5 Å². The van der Waals surface area contributed by atoms with Crippen molar-refractivity contribution in [2.75, 3.05) is 11.5 Å². The van der Waals surface area contributed by atoms with Crippen LogP contribution >= 0.6 is 0 Å². The number of tetrazole rings is 1. The SMILES string of the molecule is CCC1CCC(n2nnnc2-c2cc(N)cc(N)c2)C1C. The average Bonchev–Trinajstić information content (AvgIpc) is 3.03. The molecular weight excluding hydrogens is 264 g/mol. The number of hydrogen-bond donors (Lipinski definition) is 2. The Labute approximate surface area is 124 Å². The molecule has 4 N–H and O–H groups in total. The van der Waals surface area contributed by atoms with Crippen molar-refractivity contribution in [1.29, 1.82) is 0 Å². The van der Waals surface area contributed by atoms with Crippen molar-refractivity contribution in [3.05, 3.63) is 18.2 Å². The molecule has 1 saturated carbocycles. The highest BCUT2D eigenvalue weighted by molar-refractivity contribution is 5.67. The molecule has 21 heavy (non-hydrogen) atoms. The Hall–Kier alpha value is -2.11. The molecule has 0 spiro atoms. The van der Waals surface area contributed by atoms with Gasteiger partial charge in [-0.15, -0.1) is 5.10 Å². The van der Waals surface area contributed by atoms with Gasteiger partial charge in [0.25, 0.3) is 0 Å². The molecule has 1 fully saturated rings. The zero-order valence-corrected chi connectivity index (χ0v) is 12.5. The molecule has 3 rings (SSSR count). The van der Waals surface area contributed by atoms with E-state index >= 15 is 0 Å². The molecule has 6 nitrogen and oxygen atoms in total. The van der Waals surface area contributed by atoms with Crippen LogP contribution in [-0.4, -0.2) is 20.2 Å². The number of rotatable bonds is 3. The van der Waals surface area contributed by atoms with Crippen LogP contribution in [0.1, 0.15) is 39.2 Å². The Morgan fingerprint density at radius 3 is 2.52 bits per heavy atom. The molecule has 1 aromatic carbocycles. The molecule has 0 amide bonds. The molecule has 1 aromatic heterocycles. The van der Waals surface area contributed by atoms with Crippen molar-refractivity contribution in [3.63, 3.8) is 0 Å². The summed E-state index contributed by atoms with van der Waals surface area (Å²) in [6, 6.07) is 5.83. The minimum atomic E-state index is 0.350. The quantitative estimate of drug-likeness (QED) is 0.845. The van der Waals surface area contributed by atoms with Gasteiger partial charge in [-0.25, -0.2) is 4.68 Å². The average molecular weight is 286 g/mol. The molecular formula is C15H22N6. The summed E-state index contributed by atoms with van der Waals surface area (Å²) in [6.45, 7) is 4.55. The van der Waals surface area contributed by atoms with Gasteiger partial charge in [-0.3, -0.25) is 0 Å². The lowest BCUT2D eigenvalue weighted by molar-refractivity contribution is 0.310. The van der Waals surface area contributed by atoms with Gasteiger partial charge < -0.3 is 11.5 Å². The minimum Gasteiger partial charge on any atom is -0.399 e. The van der Waals surface area contributed by atoms with Crippen LogP contribution in [0.5, 0.6) is 0 Å². The first kappa shape index (κ1) is 13.9. The van der Waals surface area contributed by atoms with Gasteiger partial charge >= 0.3 is 0 Å². The molecule has 1 aliphatic rings. The van der Waals surface area contributed by atoms with E-state index in [1.165, 1.54) is 12.8 Å². The van der Waals surface area contributed by atoms with Gasteiger partial charge in [0.2, 0.25) is 0 Å². The molecule has 2 aromatic rings. The highest BCUT2D eigenvalue weighted by Gasteiger charge is 2.35. The lowest BCUT2D eigenvalue weighted by atomic mass is 9.93. The third-order valence-electron chi connectivity index (χ3n) is 4.75. The Morgan fingerprint density at radius 2 is 1.90 bits per heavy atom. The predicted octanol–water partition coefficient (Wildman–Crippen LogP) is 2.50. The maximum atomic E-state index is 5.88. The standard InChI is InChI=1S/C15H22N6/c1-3-10-4-5-14(9(10)2)21-15(18-19-20-21)11-6-12(16)8-13(17)7-11/h6-10,14H,3-5,16-17H2,1-2H3. The second-order valence-corrected chi connectivity index (χ2v) is 6.01. The number of nitrogens with two attached hydrogens (primary N) is 2. The molecule has 1 heterocycles. The summed E-state index contributed by atoms with van der Waals surface area (Å²) < 4.78 is 1.95. The highest BCUT2D eigenvalue weighted by atomic mass is 15.6. The molecule has 1 aliphatic carbocycles. The zero-order chi connectivity index (χ0) is 15.0. The van der Waals surface area contributed by atoms with Crippen LogP contribution in [0.2, 0.25) is 0 Å². The van der Waals surface area contributed by atoms with Gasteiger partial charge in [0.1, 0.15) is 0 Å². The Balaban J connectivity index is 1.98. The van der Waals surface area contributed by atoms with Crippen molar-refractivity contribution < 1.29 is 0 Å². The van der Waals surface area contributed by atoms with Crippen molar-refractivity contribution >= 4 is 11.4 Å². The predicted molar refractivity (Wildman–Crippen MR) is 83.3 cm³/mol. The van der Waals surface area contributed by atoms with Gasteiger partial charge in [-0.2, -0.15) is 0 Å². The summed E-state index contributed by atoms with van der Waals surface area (Å²) in [5.74, 6) is 2.08. The summed E-state index contributed by atoms with van der Waals surface area (Å²) in [7, 11) is 0. The van der Waals surface area contributed by atoms with Crippen LogP contribution in [-0.2, 0) is 0 Å². The van der Waals surface area contributed by atoms with E-state index in [1.807, 2.05) is 16.8 Å². The molecule has 0 aliphatic heterocycles. The number of hydrogen-bond acceptors (Lipinski definition) is 5. The van der Waals surface area contributed by atoms with Crippen molar-refractivity contribution in [2.24, 2.45) is 11.8 Å². The molecule has 0 bridgehead atoms. The van der Waals surface area contributed by atoms with E-state index in [2.05, 4.69) is 29.4 Å². The molecule has 6 heteroatoms. The largest absolute Gasteiger partial charge is 0.399 e. The summed E-state index contributed by atoms with van der Waals surface area (Å²) in [6.07, 6.45) is 3.57. The van der Waals surface area contributed by atoms with Crippen molar-refractivity contribution in [3.8, 4) is 11.4 Å². The van der Waals surface area contributed by atoms with E-state index in [-0.39, 0.29) is 0 Å². The zero-order valence-electron chi connectivity index (χ0n) is 12.5.